The number of nitrogens with one attached hydrogen (secondary N) is 3. The van der Waals surface area contributed by atoms with Crippen LogP contribution in [0.5, 0.6) is 5.75 Å². The number of aryl methyl sites for hydroxylation is 1. The fourth-order valence-electron chi connectivity index (χ4n) is 5.10. The molecule has 4 aromatic carbocycles. The predicted molar refractivity (Wildman–Crippen MR) is 152 cm³/mol. The fraction of sp³-hybridized carbons (Fsp3) is 0.0333. The van der Waals surface area contributed by atoms with Crippen molar-refractivity contribution in [1.29, 1.82) is 0 Å². The van der Waals surface area contributed by atoms with E-state index in [4.69, 9.17) is 9.72 Å². The minimum absolute atomic E-state index is 0.398. The average Bonchev–Trinajstić information content (AvgIpc) is 3.75. The molecule has 0 aliphatic carbocycles. The van der Waals surface area contributed by atoms with Crippen LogP contribution in [-0.4, -0.2) is 45.9 Å². The Bertz CT molecular complexity index is 2180. The van der Waals surface area contributed by atoms with Crippen molar-refractivity contribution < 1.29 is 9.53 Å². The van der Waals surface area contributed by atoms with Crippen molar-refractivity contribution >= 4 is 49.8 Å². The number of esters is 1. The molecule has 192 valence electrons. The molecule has 0 radical (unpaired) electrons. The molecule has 40 heavy (non-hydrogen) atoms. The number of carbonyl (C=O) groups excluding carboxylic acids is 1. The molecule has 0 saturated carbocycles. The van der Waals surface area contributed by atoms with Gasteiger partial charge in [0.15, 0.2) is 11.6 Å². The number of ether oxygens (including phenoxy) is 1. The topological polar surface area (TPSA) is 130 Å². The molecule has 0 amide bonds. The zero-order valence-electron chi connectivity index (χ0n) is 21.1. The maximum Gasteiger partial charge on any atom is 0.343 e. The molecule has 10 nitrogen and oxygen atoms in total. The largest absolute Gasteiger partial charge is 0.423 e. The summed E-state index contributed by atoms with van der Waals surface area (Å²) in [4.78, 5) is 29.3. The molecule has 0 aliphatic rings. The second-order valence-corrected chi connectivity index (χ2v) is 9.58. The summed E-state index contributed by atoms with van der Waals surface area (Å²) in [6.07, 6.45) is 0. The summed E-state index contributed by atoms with van der Waals surface area (Å²) < 4.78 is 7.61. The maximum absolute atomic E-state index is 13.3. The second kappa shape index (κ2) is 8.37. The van der Waals surface area contributed by atoms with Gasteiger partial charge >= 0.3 is 5.97 Å². The van der Waals surface area contributed by atoms with Gasteiger partial charge in [-0.3, -0.25) is 9.78 Å². The molecule has 4 heterocycles. The van der Waals surface area contributed by atoms with E-state index in [-0.39, 0.29) is 0 Å². The van der Waals surface area contributed by atoms with Crippen LogP contribution < -0.4 is 4.74 Å². The first kappa shape index (κ1) is 22.2. The lowest BCUT2D eigenvalue weighted by atomic mass is 10.1. The first-order valence-corrected chi connectivity index (χ1v) is 12.7. The lowest BCUT2D eigenvalue weighted by Gasteiger charge is -2.05. The normalized spacial score (nSPS) is 11.7. The van der Waals surface area contributed by atoms with Gasteiger partial charge in [0.25, 0.3) is 0 Å². The number of carbonyl (C=O) groups is 1. The van der Waals surface area contributed by atoms with Crippen molar-refractivity contribution in [2.75, 3.05) is 0 Å². The Kier molecular flexibility index (Phi) is 4.65. The third-order valence-electron chi connectivity index (χ3n) is 7.06. The van der Waals surface area contributed by atoms with Crippen LogP contribution in [0.1, 0.15) is 10.4 Å². The molecule has 0 saturated heterocycles. The standard InChI is InChI=1S/C30H20N8O2/c1-38-25-13-11-17(15-19(25)27(37-38)29-33-23-8-4-5-9-24(23)34-29)40-30(39)16-10-12-20-18(14-16)26(36-35-20)28-31-21-6-2-3-7-22(21)32-28/h2-15H,1H3,(H,31,32)(H,33,34)(H,35,36). The highest BCUT2D eigenvalue weighted by Gasteiger charge is 2.19. The first-order valence-electron chi connectivity index (χ1n) is 12.7. The summed E-state index contributed by atoms with van der Waals surface area (Å²) in [7, 11) is 1.87. The van der Waals surface area contributed by atoms with Crippen LogP contribution >= 0.6 is 0 Å². The lowest BCUT2D eigenvalue weighted by molar-refractivity contribution is 0.0735. The number of rotatable bonds is 4. The number of para-hydroxylation sites is 4. The van der Waals surface area contributed by atoms with Gasteiger partial charge in [-0.05, 0) is 60.7 Å². The van der Waals surface area contributed by atoms with Crippen molar-refractivity contribution in [2.24, 2.45) is 7.05 Å². The van der Waals surface area contributed by atoms with E-state index in [1.807, 2.05) is 73.8 Å². The van der Waals surface area contributed by atoms with Crippen molar-refractivity contribution in [3.05, 3.63) is 90.5 Å². The Balaban J connectivity index is 1.14. The van der Waals surface area contributed by atoms with Crippen LogP contribution in [0, 0.1) is 0 Å². The number of aromatic nitrogens is 8. The van der Waals surface area contributed by atoms with Gasteiger partial charge in [-0.15, -0.1) is 0 Å². The van der Waals surface area contributed by atoms with Crippen molar-refractivity contribution in [3.63, 3.8) is 0 Å². The van der Waals surface area contributed by atoms with Crippen LogP contribution in [0.4, 0.5) is 0 Å². The molecule has 0 bridgehead atoms. The molecule has 0 unspecified atom stereocenters. The molecule has 8 aromatic rings. The second-order valence-electron chi connectivity index (χ2n) is 9.58. The highest BCUT2D eigenvalue weighted by molar-refractivity contribution is 6.00. The smallest absolute Gasteiger partial charge is 0.343 e. The van der Waals surface area contributed by atoms with E-state index < -0.39 is 5.97 Å². The summed E-state index contributed by atoms with van der Waals surface area (Å²) in [5.41, 5.74) is 6.94. The van der Waals surface area contributed by atoms with Gasteiger partial charge in [0.1, 0.15) is 17.1 Å². The molecule has 4 aromatic heterocycles. The minimum atomic E-state index is -0.479. The van der Waals surface area contributed by atoms with E-state index >= 15 is 0 Å². The SMILES string of the molecule is Cn1nc(-c2nc3ccccc3[nH]2)c2cc(OC(=O)c3ccc4[nH]nc(-c5nc6ccccc6[nH]5)c4c3)ccc21. The number of benzene rings is 4. The van der Waals surface area contributed by atoms with Crippen LogP contribution in [0.2, 0.25) is 0 Å². The van der Waals surface area contributed by atoms with Gasteiger partial charge in [0.2, 0.25) is 0 Å². The Morgan fingerprint density at radius 2 is 1.45 bits per heavy atom. The number of nitrogens with zero attached hydrogens (tertiary/aromatic N) is 5. The van der Waals surface area contributed by atoms with Crippen molar-refractivity contribution in [1.82, 2.24) is 39.9 Å². The van der Waals surface area contributed by atoms with E-state index in [2.05, 4.69) is 30.2 Å². The Labute approximate surface area is 225 Å². The van der Waals surface area contributed by atoms with Gasteiger partial charge in [-0.25, -0.2) is 14.8 Å². The van der Waals surface area contributed by atoms with E-state index in [1.165, 1.54) is 0 Å². The fourth-order valence-corrected chi connectivity index (χ4v) is 5.10. The molecule has 10 heteroatoms. The number of aromatic amines is 3. The summed E-state index contributed by atoms with van der Waals surface area (Å²) in [5.74, 6) is 1.21. The number of hydrogen-bond donors (Lipinski definition) is 3. The van der Waals surface area contributed by atoms with Gasteiger partial charge < -0.3 is 14.7 Å². The van der Waals surface area contributed by atoms with Gasteiger partial charge in [0.05, 0.1) is 38.7 Å². The Morgan fingerprint density at radius 3 is 2.17 bits per heavy atom. The molecule has 0 spiro atoms. The highest BCUT2D eigenvalue weighted by atomic mass is 16.5. The van der Waals surface area contributed by atoms with E-state index in [0.717, 1.165) is 43.9 Å². The van der Waals surface area contributed by atoms with E-state index in [0.29, 0.717) is 34.3 Å². The number of fused-ring (bicyclic) bond motifs is 4. The van der Waals surface area contributed by atoms with Crippen LogP contribution in [0.15, 0.2) is 84.9 Å². The lowest BCUT2D eigenvalue weighted by Crippen LogP contribution is -2.08. The summed E-state index contributed by atoms with van der Waals surface area (Å²) in [6, 6.07) is 26.4. The predicted octanol–water partition coefficient (Wildman–Crippen LogP) is 5.76. The maximum atomic E-state index is 13.3. The van der Waals surface area contributed by atoms with E-state index in [9.17, 15) is 4.79 Å². The van der Waals surface area contributed by atoms with Gasteiger partial charge in [0, 0.05) is 17.8 Å². The first-order chi connectivity index (χ1) is 19.6. The molecular weight excluding hydrogens is 504 g/mol. The number of H-pyrrole nitrogens is 3. The van der Waals surface area contributed by atoms with E-state index in [1.54, 1.807) is 22.9 Å². The molecule has 8 rings (SSSR count). The van der Waals surface area contributed by atoms with Crippen LogP contribution in [0.25, 0.3) is 66.9 Å². The van der Waals surface area contributed by atoms with Crippen LogP contribution in [0.3, 0.4) is 0 Å². The summed E-state index contributed by atoms with van der Waals surface area (Å²) in [6.45, 7) is 0. The Morgan fingerprint density at radius 1 is 0.750 bits per heavy atom. The van der Waals surface area contributed by atoms with Gasteiger partial charge in [-0.2, -0.15) is 10.2 Å². The third-order valence-corrected chi connectivity index (χ3v) is 7.06. The average molecular weight is 525 g/mol. The molecular formula is C30H20N8O2. The minimum Gasteiger partial charge on any atom is -0.423 e. The van der Waals surface area contributed by atoms with Crippen molar-refractivity contribution in [3.8, 4) is 28.8 Å². The Hall–Kier alpha value is -5.77. The van der Waals surface area contributed by atoms with Crippen molar-refractivity contribution in [2.45, 2.75) is 0 Å². The summed E-state index contributed by atoms with van der Waals surface area (Å²) in [5, 5.41) is 13.7. The molecule has 0 fully saturated rings. The molecule has 0 aliphatic heterocycles. The van der Waals surface area contributed by atoms with Gasteiger partial charge in [-0.1, -0.05) is 24.3 Å². The third kappa shape index (κ3) is 3.47. The summed E-state index contributed by atoms with van der Waals surface area (Å²) >= 11 is 0. The zero-order chi connectivity index (χ0) is 26.8. The molecule has 0 atom stereocenters. The zero-order valence-corrected chi connectivity index (χ0v) is 21.1. The number of imidazole rings is 2. The monoisotopic (exact) mass is 524 g/mol. The number of hydrogen-bond acceptors (Lipinski definition) is 6. The van der Waals surface area contributed by atoms with Crippen LogP contribution in [-0.2, 0) is 7.05 Å². The quantitative estimate of drug-likeness (QED) is 0.198. The highest BCUT2D eigenvalue weighted by Crippen LogP contribution is 2.31. The molecule has 3 N–H and O–H groups in total.